The molecule has 0 fully saturated rings. The van der Waals surface area contributed by atoms with Crippen LogP contribution in [0.15, 0.2) is 36.7 Å². The zero-order valence-corrected chi connectivity index (χ0v) is 4.96. The fourth-order valence-electron chi connectivity index (χ4n) is 0.406. The number of allylic oxidation sites excluding steroid dienone is 4. The molecule has 0 aromatic heterocycles. The molecule has 0 saturated heterocycles. The summed E-state index contributed by atoms with van der Waals surface area (Å²) >= 11 is 0. The summed E-state index contributed by atoms with van der Waals surface area (Å²) < 4.78 is 0. The van der Waals surface area contributed by atoms with E-state index in [1.807, 2.05) is 36.7 Å². The van der Waals surface area contributed by atoms with Gasteiger partial charge in [0.25, 0.3) is 0 Å². The average Bonchev–Trinajstić information content (AvgIpc) is 1.90. The molecule has 1 rings (SSSR count). The lowest BCUT2D eigenvalue weighted by Crippen LogP contribution is -1.87. The third kappa shape index (κ3) is 4.80. The predicted octanol–water partition coefficient (Wildman–Crippen LogP) is -0.476. The fourth-order valence-corrected chi connectivity index (χ4v) is 0.406. The van der Waals surface area contributed by atoms with Crippen LogP contribution in [0.5, 0.6) is 0 Å². The topological polar surface area (TPSA) is 75.0 Å². The summed E-state index contributed by atoms with van der Waals surface area (Å²) in [6.07, 6.45) is 11.6. The van der Waals surface area contributed by atoms with E-state index in [0.717, 1.165) is 0 Å². The maximum absolute atomic E-state index is 2.92. The maximum atomic E-state index is 2.92. The molecule has 9 heavy (non-hydrogen) atoms. The van der Waals surface area contributed by atoms with Crippen molar-refractivity contribution in [1.82, 2.24) is 5.32 Å². The zero-order valence-electron chi connectivity index (χ0n) is 4.96. The summed E-state index contributed by atoms with van der Waals surface area (Å²) in [4.78, 5) is 0. The van der Waals surface area contributed by atoms with Crippen LogP contribution in [0.2, 0.25) is 0 Å². The van der Waals surface area contributed by atoms with Crippen LogP contribution >= 0.6 is 0 Å². The van der Waals surface area contributed by atoms with Gasteiger partial charge in [-0.3, -0.25) is 0 Å². The van der Waals surface area contributed by atoms with Crippen molar-refractivity contribution in [3.05, 3.63) is 36.7 Å². The smallest absolute Gasteiger partial charge is 0.000442 e. The van der Waals surface area contributed by atoms with Crippen molar-refractivity contribution < 1.29 is 11.0 Å². The molecule has 0 aliphatic carbocycles. The van der Waals surface area contributed by atoms with E-state index < -0.39 is 0 Å². The van der Waals surface area contributed by atoms with Crippen LogP contribution in [0.25, 0.3) is 0 Å². The van der Waals surface area contributed by atoms with Crippen molar-refractivity contribution in [3.8, 4) is 0 Å². The Kier molecular flexibility index (Phi) is 8.36. The second-order valence-electron chi connectivity index (χ2n) is 1.27. The second kappa shape index (κ2) is 6.94. The molecule has 1 aliphatic heterocycles. The Hall–Kier alpha value is -1.06. The van der Waals surface area contributed by atoms with Gasteiger partial charge in [0.2, 0.25) is 0 Å². The molecule has 5 N–H and O–H groups in total. The van der Waals surface area contributed by atoms with Crippen LogP contribution in [-0.2, 0) is 0 Å². The van der Waals surface area contributed by atoms with Gasteiger partial charge in [-0.2, -0.15) is 0 Å². The Morgan fingerprint density at radius 1 is 0.667 bits per heavy atom. The van der Waals surface area contributed by atoms with Crippen molar-refractivity contribution in [1.29, 1.82) is 0 Å². The number of nitrogens with one attached hydrogen (secondary N) is 1. The van der Waals surface area contributed by atoms with Crippen LogP contribution in [0, 0.1) is 0 Å². The van der Waals surface area contributed by atoms with Gasteiger partial charge in [0.1, 0.15) is 0 Å². The summed E-state index contributed by atoms with van der Waals surface area (Å²) in [7, 11) is 0. The molecule has 0 aromatic carbocycles. The Bertz CT molecular complexity index is 113. The van der Waals surface area contributed by atoms with Crippen LogP contribution < -0.4 is 5.32 Å². The lowest BCUT2D eigenvalue weighted by Gasteiger charge is -1.79. The highest BCUT2D eigenvalue weighted by Gasteiger charge is 1.67. The molecule has 1 aliphatic rings. The molecule has 3 heteroatoms. The van der Waals surface area contributed by atoms with E-state index in [1.54, 1.807) is 0 Å². The van der Waals surface area contributed by atoms with Gasteiger partial charge in [-0.25, -0.2) is 0 Å². The normalized spacial score (nSPS) is 12.4. The van der Waals surface area contributed by atoms with Gasteiger partial charge < -0.3 is 16.3 Å². The molecule has 0 atom stereocenters. The third-order valence-corrected chi connectivity index (χ3v) is 0.718. The van der Waals surface area contributed by atoms with Gasteiger partial charge in [0.15, 0.2) is 0 Å². The highest BCUT2D eigenvalue weighted by molar-refractivity contribution is 5.14. The molecule has 0 unspecified atom stereocenters. The van der Waals surface area contributed by atoms with Crippen molar-refractivity contribution in [2.75, 3.05) is 0 Å². The summed E-state index contributed by atoms with van der Waals surface area (Å²) in [5.41, 5.74) is 0. The zero-order chi connectivity index (χ0) is 4.95. The van der Waals surface area contributed by atoms with Gasteiger partial charge in [0, 0.05) is 12.4 Å². The lowest BCUT2D eigenvalue weighted by molar-refractivity contribution is 0.823. The van der Waals surface area contributed by atoms with E-state index in [0.29, 0.717) is 0 Å². The standard InChI is InChI=1S/C6H7N.2H2O/c1-2-4-6-7-5-3-1;;/h1-7H;2*1H2. The van der Waals surface area contributed by atoms with Crippen molar-refractivity contribution in [2.24, 2.45) is 0 Å². The van der Waals surface area contributed by atoms with Gasteiger partial charge in [-0.15, -0.1) is 0 Å². The quantitative estimate of drug-likeness (QED) is 0.471. The summed E-state index contributed by atoms with van der Waals surface area (Å²) in [5.74, 6) is 0. The molecule has 0 bridgehead atoms. The Morgan fingerprint density at radius 2 is 1.11 bits per heavy atom. The van der Waals surface area contributed by atoms with Gasteiger partial charge >= 0.3 is 0 Å². The number of hydrogen-bond donors (Lipinski definition) is 1. The highest BCUT2D eigenvalue weighted by atomic mass is 16.0. The molecule has 1 heterocycles. The molecular weight excluding hydrogens is 118 g/mol. The molecule has 3 nitrogen and oxygen atoms in total. The van der Waals surface area contributed by atoms with Crippen LogP contribution in [0.3, 0.4) is 0 Å². The minimum atomic E-state index is 0. The van der Waals surface area contributed by atoms with Crippen molar-refractivity contribution in [2.45, 2.75) is 0 Å². The van der Waals surface area contributed by atoms with E-state index in [-0.39, 0.29) is 11.0 Å². The third-order valence-electron chi connectivity index (χ3n) is 0.718. The molecule has 0 saturated carbocycles. The minimum Gasteiger partial charge on any atom is -0.412 e. The van der Waals surface area contributed by atoms with Gasteiger partial charge in [-0.1, -0.05) is 12.2 Å². The average molecular weight is 129 g/mol. The van der Waals surface area contributed by atoms with E-state index >= 15 is 0 Å². The summed E-state index contributed by atoms with van der Waals surface area (Å²) in [6.45, 7) is 0. The minimum absolute atomic E-state index is 0. The molecule has 0 radical (unpaired) electrons. The van der Waals surface area contributed by atoms with Gasteiger partial charge in [0.05, 0.1) is 0 Å². The van der Waals surface area contributed by atoms with Crippen LogP contribution in [0.1, 0.15) is 0 Å². The summed E-state index contributed by atoms with van der Waals surface area (Å²) in [6, 6.07) is 0. The first kappa shape index (κ1) is 10.8. The Morgan fingerprint density at radius 3 is 1.56 bits per heavy atom. The van der Waals surface area contributed by atoms with E-state index in [9.17, 15) is 0 Å². The lowest BCUT2D eigenvalue weighted by atomic mass is 10.5. The molecule has 52 valence electrons. The fraction of sp³-hybridized carbons (Fsp3) is 0. The molecular formula is C6H11NO2. The predicted molar refractivity (Wildman–Crippen MR) is 37.8 cm³/mol. The molecule has 0 spiro atoms. The second-order valence-corrected chi connectivity index (χ2v) is 1.27. The molecule has 0 amide bonds. The largest absolute Gasteiger partial charge is 0.412 e. The first-order valence-corrected chi connectivity index (χ1v) is 2.24. The van der Waals surface area contributed by atoms with Gasteiger partial charge in [-0.05, 0) is 12.2 Å². The Balaban J connectivity index is 0. The summed E-state index contributed by atoms with van der Waals surface area (Å²) in [5, 5.41) is 2.92. The first-order valence-electron chi connectivity index (χ1n) is 2.24. The molecule has 0 aromatic rings. The van der Waals surface area contributed by atoms with Crippen LogP contribution in [0.4, 0.5) is 0 Å². The van der Waals surface area contributed by atoms with E-state index in [4.69, 9.17) is 0 Å². The van der Waals surface area contributed by atoms with Crippen molar-refractivity contribution in [3.63, 3.8) is 0 Å². The Labute approximate surface area is 54.0 Å². The van der Waals surface area contributed by atoms with Crippen LogP contribution in [-0.4, -0.2) is 11.0 Å². The number of hydrogen-bond acceptors (Lipinski definition) is 1. The number of rotatable bonds is 0. The van der Waals surface area contributed by atoms with E-state index in [2.05, 4.69) is 5.32 Å². The first-order chi connectivity index (χ1) is 3.50. The maximum Gasteiger partial charge on any atom is 0.000442 e. The SMILES string of the molecule is C1=CC=CNC=C1.O.O. The van der Waals surface area contributed by atoms with Crippen molar-refractivity contribution >= 4 is 0 Å². The van der Waals surface area contributed by atoms with E-state index in [1.165, 1.54) is 0 Å². The highest BCUT2D eigenvalue weighted by Crippen LogP contribution is 1.81. The monoisotopic (exact) mass is 129 g/mol.